The van der Waals surface area contributed by atoms with Gasteiger partial charge in [-0.15, -0.1) is 0 Å². The van der Waals surface area contributed by atoms with E-state index in [1.54, 1.807) is 0 Å². The Morgan fingerprint density at radius 1 is 1.44 bits per heavy atom. The number of aliphatic hydroxyl groups excluding tert-OH is 1. The number of hydrogen-bond acceptors (Lipinski definition) is 2. The lowest BCUT2D eigenvalue weighted by molar-refractivity contribution is 0.0913. The van der Waals surface area contributed by atoms with E-state index in [4.69, 9.17) is 0 Å². The third kappa shape index (κ3) is 3.35. The summed E-state index contributed by atoms with van der Waals surface area (Å²) in [5.74, 6) is -0.120. The molecule has 2 N–H and O–H groups in total. The predicted molar refractivity (Wildman–Crippen MR) is 64.5 cm³/mol. The highest BCUT2D eigenvalue weighted by Gasteiger charge is 2.09. The zero-order valence-electron chi connectivity index (χ0n) is 10.1. The minimum Gasteiger partial charge on any atom is -0.391 e. The fourth-order valence-electron chi connectivity index (χ4n) is 1.52. The van der Waals surface area contributed by atoms with Gasteiger partial charge in [0.15, 0.2) is 0 Å². The van der Waals surface area contributed by atoms with Gasteiger partial charge in [-0.3, -0.25) is 4.79 Å². The number of nitrogens with one attached hydrogen (secondary N) is 1. The fraction of sp³-hybridized carbons (Fsp3) is 0.462. The molecule has 0 heterocycles. The number of amides is 1. The van der Waals surface area contributed by atoms with E-state index < -0.39 is 6.10 Å². The van der Waals surface area contributed by atoms with Gasteiger partial charge >= 0.3 is 0 Å². The van der Waals surface area contributed by atoms with Crippen LogP contribution in [0.2, 0.25) is 0 Å². The molecule has 0 saturated heterocycles. The largest absolute Gasteiger partial charge is 0.391 e. The van der Waals surface area contributed by atoms with Crippen molar-refractivity contribution in [1.82, 2.24) is 5.32 Å². The maximum absolute atomic E-state index is 11.8. The van der Waals surface area contributed by atoms with E-state index in [-0.39, 0.29) is 5.91 Å². The Bertz CT molecular complexity index is 374. The van der Waals surface area contributed by atoms with E-state index in [9.17, 15) is 9.90 Å². The molecule has 0 spiro atoms. The van der Waals surface area contributed by atoms with Crippen LogP contribution in [-0.2, 0) is 0 Å². The first-order chi connectivity index (χ1) is 7.54. The van der Waals surface area contributed by atoms with Crippen molar-refractivity contribution in [3.8, 4) is 0 Å². The van der Waals surface area contributed by atoms with Gasteiger partial charge in [-0.2, -0.15) is 0 Å². The van der Waals surface area contributed by atoms with Gasteiger partial charge in [0, 0.05) is 12.1 Å². The molecule has 0 fully saturated rings. The molecule has 0 aliphatic carbocycles. The average molecular weight is 221 g/mol. The molecule has 88 valence electrons. The van der Waals surface area contributed by atoms with E-state index >= 15 is 0 Å². The molecule has 1 rings (SSSR count). The standard InChI is InChI=1S/C13H19NO2/c1-4-11(15)8-14-13(16)12-6-5-9(2)7-10(12)3/h5-7,11,15H,4,8H2,1-3H3,(H,14,16). The monoisotopic (exact) mass is 221 g/mol. The molecule has 0 aliphatic heterocycles. The Morgan fingerprint density at radius 3 is 2.69 bits per heavy atom. The normalized spacial score (nSPS) is 12.2. The lowest BCUT2D eigenvalue weighted by atomic mass is 10.1. The van der Waals surface area contributed by atoms with Crippen molar-refractivity contribution in [3.05, 3.63) is 34.9 Å². The molecule has 1 atom stereocenters. The Balaban J connectivity index is 2.66. The molecule has 1 unspecified atom stereocenters. The van der Waals surface area contributed by atoms with Crippen molar-refractivity contribution in [2.45, 2.75) is 33.3 Å². The molecule has 1 amide bonds. The molecule has 0 aliphatic rings. The first-order valence-electron chi connectivity index (χ1n) is 5.58. The van der Waals surface area contributed by atoms with Gasteiger partial charge in [-0.05, 0) is 31.9 Å². The SMILES string of the molecule is CCC(O)CNC(=O)c1ccc(C)cc1C. The Kier molecular flexibility index (Phi) is 4.50. The van der Waals surface area contributed by atoms with E-state index in [1.165, 1.54) is 0 Å². The average Bonchev–Trinajstić information content (AvgIpc) is 2.25. The van der Waals surface area contributed by atoms with E-state index in [2.05, 4.69) is 5.32 Å². The van der Waals surface area contributed by atoms with Gasteiger partial charge in [-0.25, -0.2) is 0 Å². The number of hydrogen-bond donors (Lipinski definition) is 2. The van der Waals surface area contributed by atoms with Crippen molar-refractivity contribution < 1.29 is 9.90 Å². The summed E-state index contributed by atoms with van der Waals surface area (Å²) in [7, 11) is 0. The maximum Gasteiger partial charge on any atom is 0.251 e. The van der Waals surface area contributed by atoms with Crippen LogP contribution in [0.5, 0.6) is 0 Å². The second kappa shape index (κ2) is 5.66. The van der Waals surface area contributed by atoms with Crippen LogP contribution in [0.25, 0.3) is 0 Å². The van der Waals surface area contributed by atoms with Crippen molar-refractivity contribution in [2.24, 2.45) is 0 Å². The molecule has 1 aromatic rings. The van der Waals surface area contributed by atoms with Crippen LogP contribution in [0.15, 0.2) is 18.2 Å². The summed E-state index contributed by atoms with van der Waals surface area (Å²) in [4.78, 5) is 11.8. The van der Waals surface area contributed by atoms with Crippen LogP contribution in [0.4, 0.5) is 0 Å². The summed E-state index contributed by atoms with van der Waals surface area (Å²) in [6, 6.07) is 5.71. The zero-order valence-corrected chi connectivity index (χ0v) is 10.1. The lowest BCUT2D eigenvalue weighted by Crippen LogP contribution is -2.32. The second-order valence-electron chi connectivity index (χ2n) is 4.09. The van der Waals surface area contributed by atoms with Crippen LogP contribution in [-0.4, -0.2) is 23.7 Å². The van der Waals surface area contributed by atoms with Crippen LogP contribution < -0.4 is 5.32 Å². The van der Waals surface area contributed by atoms with E-state index in [0.29, 0.717) is 18.5 Å². The molecule has 3 heteroatoms. The fourth-order valence-corrected chi connectivity index (χ4v) is 1.52. The van der Waals surface area contributed by atoms with Gasteiger partial charge in [0.1, 0.15) is 0 Å². The summed E-state index contributed by atoms with van der Waals surface area (Å²) < 4.78 is 0. The van der Waals surface area contributed by atoms with Crippen LogP contribution in [0.1, 0.15) is 34.8 Å². The summed E-state index contributed by atoms with van der Waals surface area (Å²) in [6.07, 6.45) is 0.183. The number of aryl methyl sites for hydroxylation is 2. The third-order valence-corrected chi connectivity index (χ3v) is 2.60. The van der Waals surface area contributed by atoms with Crippen molar-refractivity contribution >= 4 is 5.91 Å². The zero-order chi connectivity index (χ0) is 12.1. The quantitative estimate of drug-likeness (QED) is 0.814. The Labute approximate surface area is 96.5 Å². The lowest BCUT2D eigenvalue weighted by Gasteiger charge is -2.11. The van der Waals surface area contributed by atoms with E-state index in [0.717, 1.165) is 11.1 Å². The molecule has 1 aromatic carbocycles. The maximum atomic E-state index is 11.8. The van der Waals surface area contributed by atoms with Crippen molar-refractivity contribution in [3.63, 3.8) is 0 Å². The molecular formula is C13H19NO2. The third-order valence-electron chi connectivity index (χ3n) is 2.60. The summed E-state index contributed by atoms with van der Waals surface area (Å²) in [5.41, 5.74) is 2.78. The second-order valence-corrected chi connectivity index (χ2v) is 4.09. The van der Waals surface area contributed by atoms with Crippen LogP contribution in [0.3, 0.4) is 0 Å². The van der Waals surface area contributed by atoms with Gasteiger partial charge in [-0.1, -0.05) is 24.6 Å². The molecule has 0 radical (unpaired) electrons. The Morgan fingerprint density at radius 2 is 2.12 bits per heavy atom. The minimum absolute atomic E-state index is 0.120. The number of benzene rings is 1. The van der Waals surface area contributed by atoms with Crippen molar-refractivity contribution in [2.75, 3.05) is 6.54 Å². The topological polar surface area (TPSA) is 49.3 Å². The van der Waals surface area contributed by atoms with Crippen LogP contribution in [0, 0.1) is 13.8 Å². The first-order valence-corrected chi connectivity index (χ1v) is 5.58. The molecule has 0 bridgehead atoms. The van der Waals surface area contributed by atoms with Crippen LogP contribution >= 0.6 is 0 Å². The molecule has 3 nitrogen and oxygen atoms in total. The first kappa shape index (κ1) is 12.7. The molecular weight excluding hydrogens is 202 g/mol. The molecule has 0 aromatic heterocycles. The van der Waals surface area contributed by atoms with Gasteiger partial charge in [0.05, 0.1) is 6.10 Å². The summed E-state index contributed by atoms with van der Waals surface area (Å²) >= 11 is 0. The highest BCUT2D eigenvalue weighted by atomic mass is 16.3. The van der Waals surface area contributed by atoms with E-state index in [1.807, 2.05) is 39.0 Å². The summed E-state index contributed by atoms with van der Waals surface area (Å²) in [5, 5.41) is 12.1. The highest BCUT2D eigenvalue weighted by Crippen LogP contribution is 2.10. The minimum atomic E-state index is -0.463. The van der Waals surface area contributed by atoms with Gasteiger partial charge in [0.25, 0.3) is 5.91 Å². The smallest absolute Gasteiger partial charge is 0.251 e. The molecule has 0 saturated carbocycles. The molecule has 16 heavy (non-hydrogen) atoms. The number of aliphatic hydroxyl groups is 1. The van der Waals surface area contributed by atoms with Gasteiger partial charge in [0.2, 0.25) is 0 Å². The predicted octanol–water partition coefficient (Wildman–Crippen LogP) is 1.80. The number of carbonyl (C=O) groups is 1. The number of carbonyl (C=O) groups excluding carboxylic acids is 1. The summed E-state index contributed by atoms with van der Waals surface area (Å²) in [6.45, 7) is 6.10. The Hall–Kier alpha value is -1.35. The highest BCUT2D eigenvalue weighted by molar-refractivity contribution is 5.95. The van der Waals surface area contributed by atoms with Gasteiger partial charge < -0.3 is 10.4 Å². The number of rotatable bonds is 4. The van der Waals surface area contributed by atoms with Crippen molar-refractivity contribution in [1.29, 1.82) is 0 Å².